The zero-order chi connectivity index (χ0) is 13.8. The number of aliphatic hydroxyl groups is 1. The van der Waals surface area contributed by atoms with Crippen molar-refractivity contribution < 1.29 is 9.84 Å². The van der Waals surface area contributed by atoms with Crippen LogP contribution in [0.15, 0.2) is 43.0 Å². The maximum absolute atomic E-state index is 8.97. The first-order valence-electron chi connectivity index (χ1n) is 7.20. The Labute approximate surface area is 117 Å². The van der Waals surface area contributed by atoms with Crippen molar-refractivity contribution in [3.63, 3.8) is 0 Å². The third-order valence-electron chi connectivity index (χ3n) is 3.30. The summed E-state index contributed by atoms with van der Waals surface area (Å²) in [5.41, 5.74) is 1.23. The van der Waals surface area contributed by atoms with Gasteiger partial charge in [-0.3, -0.25) is 0 Å². The van der Waals surface area contributed by atoms with Crippen LogP contribution >= 0.6 is 0 Å². The summed E-state index contributed by atoms with van der Waals surface area (Å²) < 4.78 is 5.65. The van der Waals surface area contributed by atoms with Crippen molar-refractivity contribution in [1.29, 1.82) is 0 Å². The highest BCUT2D eigenvalue weighted by atomic mass is 16.5. The number of allylic oxidation sites excluding steroid dienone is 1. The Kier molecular flexibility index (Phi) is 9.03. The summed E-state index contributed by atoms with van der Waals surface area (Å²) in [4.78, 5) is 0. The Bertz CT molecular complexity index is 321. The molecule has 1 aromatic carbocycles. The lowest BCUT2D eigenvalue weighted by molar-refractivity contribution is 0.115. The molecule has 1 unspecified atom stereocenters. The van der Waals surface area contributed by atoms with E-state index in [2.05, 4.69) is 18.7 Å². The van der Waals surface area contributed by atoms with Crippen molar-refractivity contribution in [2.24, 2.45) is 5.92 Å². The van der Waals surface area contributed by atoms with Crippen LogP contribution in [-0.4, -0.2) is 18.3 Å². The second kappa shape index (κ2) is 10.8. The van der Waals surface area contributed by atoms with Gasteiger partial charge in [-0.25, -0.2) is 0 Å². The molecule has 2 nitrogen and oxygen atoms in total. The molecule has 0 aromatic heterocycles. The molecule has 0 spiro atoms. The molecule has 1 N–H and O–H groups in total. The lowest BCUT2D eigenvalue weighted by Crippen LogP contribution is -2.03. The van der Waals surface area contributed by atoms with Gasteiger partial charge in [0.25, 0.3) is 0 Å². The maximum atomic E-state index is 8.97. The van der Waals surface area contributed by atoms with Crippen LogP contribution < -0.4 is 0 Å². The van der Waals surface area contributed by atoms with E-state index < -0.39 is 0 Å². The van der Waals surface area contributed by atoms with Crippen LogP contribution in [-0.2, 0) is 11.3 Å². The number of benzene rings is 1. The highest BCUT2D eigenvalue weighted by Gasteiger charge is 2.05. The van der Waals surface area contributed by atoms with Crippen LogP contribution in [0.5, 0.6) is 0 Å². The van der Waals surface area contributed by atoms with Crippen molar-refractivity contribution >= 4 is 0 Å². The van der Waals surface area contributed by atoms with Gasteiger partial charge in [0.2, 0.25) is 0 Å². The molecule has 106 valence electrons. The first kappa shape index (κ1) is 15.9. The predicted molar refractivity (Wildman–Crippen MR) is 80.0 cm³/mol. The zero-order valence-electron chi connectivity index (χ0n) is 11.8. The van der Waals surface area contributed by atoms with Gasteiger partial charge >= 0.3 is 0 Å². The Balaban J connectivity index is 2.02. The molecule has 0 radical (unpaired) electrons. The van der Waals surface area contributed by atoms with Crippen molar-refractivity contribution in [2.45, 2.75) is 38.7 Å². The first-order chi connectivity index (χ1) is 9.36. The van der Waals surface area contributed by atoms with Gasteiger partial charge in [-0.2, -0.15) is 0 Å². The van der Waals surface area contributed by atoms with Crippen LogP contribution in [0, 0.1) is 5.92 Å². The van der Waals surface area contributed by atoms with Crippen LogP contribution in [0.25, 0.3) is 0 Å². The Morgan fingerprint density at radius 1 is 1.16 bits per heavy atom. The summed E-state index contributed by atoms with van der Waals surface area (Å²) in [6.07, 6.45) is 7.25. The van der Waals surface area contributed by atoms with E-state index in [0.29, 0.717) is 12.5 Å². The van der Waals surface area contributed by atoms with Gasteiger partial charge in [0.05, 0.1) is 6.61 Å². The topological polar surface area (TPSA) is 29.5 Å². The minimum Gasteiger partial charge on any atom is -0.396 e. The van der Waals surface area contributed by atoms with Crippen LogP contribution in [0.1, 0.15) is 37.7 Å². The third kappa shape index (κ3) is 7.81. The van der Waals surface area contributed by atoms with Gasteiger partial charge in [0.15, 0.2) is 0 Å². The molecule has 1 rings (SSSR count). The third-order valence-corrected chi connectivity index (χ3v) is 3.30. The highest BCUT2D eigenvalue weighted by molar-refractivity contribution is 5.13. The fourth-order valence-electron chi connectivity index (χ4n) is 2.20. The molecule has 0 saturated carbocycles. The van der Waals surface area contributed by atoms with Gasteiger partial charge in [-0.05, 0) is 37.2 Å². The van der Waals surface area contributed by atoms with Crippen LogP contribution in [0.4, 0.5) is 0 Å². The molecule has 0 aliphatic heterocycles. The molecule has 1 aromatic rings. The van der Waals surface area contributed by atoms with Gasteiger partial charge in [0, 0.05) is 13.2 Å². The van der Waals surface area contributed by atoms with Crippen molar-refractivity contribution in [1.82, 2.24) is 0 Å². The molecule has 1 atom stereocenters. The average molecular weight is 262 g/mol. The molecular weight excluding hydrogens is 236 g/mol. The number of hydrogen-bond donors (Lipinski definition) is 1. The molecular formula is C17H26O2. The van der Waals surface area contributed by atoms with Gasteiger partial charge < -0.3 is 9.84 Å². The minimum atomic E-state index is 0.281. The van der Waals surface area contributed by atoms with Gasteiger partial charge in [-0.1, -0.05) is 42.8 Å². The van der Waals surface area contributed by atoms with E-state index in [1.54, 1.807) is 0 Å². The summed E-state index contributed by atoms with van der Waals surface area (Å²) in [5, 5.41) is 8.97. The number of unbranched alkanes of at least 4 members (excludes halogenated alkanes) is 1. The smallest absolute Gasteiger partial charge is 0.0716 e. The number of ether oxygens (including phenoxy) is 1. The van der Waals surface area contributed by atoms with E-state index in [4.69, 9.17) is 9.84 Å². The van der Waals surface area contributed by atoms with Gasteiger partial charge in [-0.15, -0.1) is 6.58 Å². The summed E-state index contributed by atoms with van der Waals surface area (Å²) >= 11 is 0. The predicted octanol–water partition coefficient (Wildman–Crippen LogP) is 3.95. The lowest BCUT2D eigenvalue weighted by atomic mass is 9.95. The highest BCUT2D eigenvalue weighted by Crippen LogP contribution is 2.17. The molecule has 2 heteroatoms. The number of hydrogen-bond acceptors (Lipinski definition) is 2. The number of aliphatic hydroxyl groups excluding tert-OH is 1. The summed E-state index contributed by atoms with van der Waals surface area (Å²) in [6.45, 7) is 5.56. The van der Waals surface area contributed by atoms with Crippen molar-refractivity contribution in [3.05, 3.63) is 48.6 Å². The minimum absolute atomic E-state index is 0.281. The molecule has 0 aliphatic rings. The van der Waals surface area contributed by atoms with E-state index in [0.717, 1.165) is 38.7 Å². The normalized spacial score (nSPS) is 12.3. The monoisotopic (exact) mass is 262 g/mol. The molecule has 0 fully saturated rings. The van der Waals surface area contributed by atoms with Gasteiger partial charge in [0.1, 0.15) is 0 Å². The average Bonchev–Trinajstić information content (AvgIpc) is 2.44. The zero-order valence-corrected chi connectivity index (χ0v) is 11.8. The Morgan fingerprint density at radius 3 is 2.63 bits per heavy atom. The summed E-state index contributed by atoms with van der Waals surface area (Å²) in [7, 11) is 0. The second-order valence-corrected chi connectivity index (χ2v) is 4.94. The summed E-state index contributed by atoms with van der Waals surface area (Å²) in [5.74, 6) is 0.580. The number of rotatable bonds is 11. The largest absolute Gasteiger partial charge is 0.396 e. The fraction of sp³-hybridized carbons (Fsp3) is 0.529. The maximum Gasteiger partial charge on any atom is 0.0716 e. The van der Waals surface area contributed by atoms with E-state index in [1.807, 2.05) is 24.3 Å². The van der Waals surface area contributed by atoms with E-state index in [-0.39, 0.29) is 6.61 Å². The Hall–Kier alpha value is -1.12. The Morgan fingerprint density at radius 2 is 1.95 bits per heavy atom. The molecule has 0 bridgehead atoms. The standard InChI is InChI=1S/C17H26O2/c1-2-8-16(12-13-18)9-6-7-14-19-15-17-10-4-3-5-11-17/h2-5,10-11,16,18H,1,6-9,12-15H2. The fourth-order valence-corrected chi connectivity index (χ4v) is 2.20. The van der Waals surface area contributed by atoms with Crippen molar-refractivity contribution in [3.8, 4) is 0 Å². The molecule has 19 heavy (non-hydrogen) atoms. The lowest BCUT2D eigenvalue weighted by Gasteiger charge is -2.13. The summed E-state index contributed by atoms with van der Waals surface area (Å²) in [6, 6.07) is 10.3. The molecule has 0 amide bonds. The van der Waals surface area contributed by atoms with E-state index in [1.165, 1.54) is 5.56 Å². The van der Waals surface area contributed by atoms with E-state index >= 15 is 0 Å². The quantitative estimate of drug-likeness (QED) is 0.483. The first-order valence-corrected chi connectivity index (χ1v) is 7.20. The molecule has 0 heterocycles. The van der Waals surface area contributed by atoms with Crippen LogP contribution in [0.3, 0.4) is 0 Å². The SMILES string of the molecule is C=CCC(CCO)CCCCOCc1ccccc1. The van der Waals surface area contributed by atoms with Crippen LogP contribution in [0.2, 0.25) is 0 Å². The van der Waals surface area contributed by atoms with E-state index in [9.17, 15) is 0 Å². The molecule has 0 saturated heterocycles. The van der Waals surface area contributed by atoms with Crippen molar-refractivity contribution in [2.75, 3.05) is 13.2 Å². The molecule has 0 aliphatic carbocycles. The second-order valence-electron chi connectivity index (χ2n) is 4.94.